The van der Waals surface area contributed by atoms with Crippen molar-refractivity contribution in [2.75, 3.05) is 24.4 Å². The number of benzene rings is 3. The Morgan fingerprint density at radius 1 is 0.917 bits per heavy atom. The van der Waals surface area contributed by atoms with Crippen LogP contribution in [0.2, 0.25) is 0 Å². The highest BCUT2D eigenvalue weighted by Crippen LogP contribution is 2.36. The van der Waals surface area contributed by atoms with Crippen molar-refractivity contribution in [1.29, 1.82) is 0 Å². The molecule has 0 aliphatic heterocycles. The molecule has 0 aliphatic rings. The molecule has 0 spiro atoms. The SMILES string of the molecule is COc1cc(/C=N\NC(=O)C(=O)Nc2ccc(F)cc2)cc(Br)c1OCC(=O)Nc1ccc(F)cc1. The van der Waals surface area contributed by atoms with E-state index in [0.29, 0.717) is 15.7 Å². The maximum atomic E-state index is 13.0. The molecule has 3 aromatic rings. The number of carbonyl (C=O) groups excluding carboxylic acids is 3. The van der Waals surface area contributed by atoms with E-state index in [4.69, 9.17) is 9.47 Å². The third kappa shape index (κ3) is 7.60. The Bertz CT molecular complexity index is 1280. The van der Waals surface area contributed by atoms with Crippen LogP contribution in [-0.4, -0.2) is 37.7 Å². The van der Waals surface area contributed by atoms with Gasteiger partial charge in [-0.1, -0.05) is 0 Å². The standard InChI is InChI=1S/C24H19BrF2N4O5/c1-35-20-11-14(12-28-31-24(34)23(33)30-18-8-4-16(27)5-9-18)10-19(25)22(20)36-13-21(32)29-17-6-2-15(26)3-7-17/h2-12H,13H2,1H3,(H,29,32)(H,30,33)(H,31,34)/b28-12-. The third-order valence-electron chi connectivity index (χ3n) is 4.42. The number of carbonyl (C=O) groups is 3. The van der Waals surface area contributed by atoms with Crippen LogP contribution in [0.5, 0.6) is 11.5 Å². The second kappa shape index (κ2) is 12.4. The number of rotatable bonds is 8. The molecule has 0 aromatic heterocycles. The van der Waals surface area contributed by atoms with E-state index < -0.39 is 29.4 Å². The fourth-order valence-corrected chi connectivity index (χ4v) is 3.33. The first-order valence-corrected chi connectivity index (χ1v) is 11.0. The molecule has 3 aromatic carbocycles. The lowest BCUT2D eigenvalue weighted by molar-refractivity contribution is -0.136. The van der Waals surface area contributed by atoms with Gasteiger partial charge in [0.1, 0.15) is 11.6 Å². The smallest absolute Gasteiger partial charge is 0.329 e. The van der Waals surface area contributed by atoms with E-state index in [9.17, 15) is 23.2 Å². The van der Waals surface area contributed by atoms with Gasteiger partial charge in [0.05, 0.1) is 17.8 Å². The molecular formula is C24H19BrF2N4O5. The van der Waals surface area contributed by atoms with Gasteiger partial charge in [-0.3, -0.25) is 14.4 Å². The summed E-state index contributed by atoms with van der Waals surface area (Å²) >= 11 is 3.33. The molecule has 3 amide bonds. The van der Waals surface area contributed by atoms with Gasteiger partial charge in [0.2, 0.25) is 0 Å². The van der Waals surface area contributed by atoms with Crippen LogP contribution in [-0.2, 0) is 14.4 Å². The molecule has 0 fully saturated rings. The van der Waals surface area contributed by atoms with Crippen LogP contribution in [0, 0.1) is 11.6 Å². The first-order chi connectivity index (χ1) is 17.2. The summed E-state index contributed by atoms with van der Waals surface area (Å²) in [6.45, 7) is -0.348. The van der Waals surface area contributed by atoms with Crippen LogP contribution in [0.3, 0.4) is 0 Å². The molecule has 36 heavy (non-hydrogen) atoms. The second-order valence-corrected chi connectivity index (χ2v) is 7.89. The van der Waals surface area contributed by atoms with Gasteiger partial charge in [0, 0.05) is 11.4 Å². The Balaban J connectivity index is 1.57. The van der Waals surface area contributed by atoms with Crippen molar-refractivity contribution >= 4 is 51.2 Å². The lowest BCUT2D eigenvalue weighted by Crippen LogP contribution is -2.32. The molecule has 0 unspecified atom stereocenters. The summed E-state index contributed by atoms with van der Waals surface area (Å²) in [7, 11) is 1.40. The molecular weight excluding hydrogens is 542 g/mol. The largest absolute Gasteiger partial charge is 0.493 e. The van der Waals surface area contributed by atoms with E-state index >= 15 is 0 Å². The Morgan fingerprint density at radius 2 is 1.50 bits per heavy atom. The number of hydrazone groups is 1. The molecule has 0 aliphatic carbocycles. The second-order valence-electron chi connectivity index (χ2n) is 7.04. The fraction of sp³-hybridized carbons (Fsp3) is 0.0833. The highest BCUT2D eigenvalue weighted by Gasteiger charge is 2.15. The van der Waals surface area contributed by atoms with Gasteiger partial charge in [0.15, 0.2) is 18.1 Å². The topological polar surface area (TPSA) is 118 Å². The average Bonchev–Trinajstić information content (AvgIpc) is 2.85. The molecule has 3 N–H and O–H groups in total. The lowest BCUT2D eigenvalue weighted by Gasteiger charge is -2.13. The Hall–Kier alpha value is -4.32. The van der Waals surface area contributed by atoms with Crippen LogP contribution in [0.15, 0.2) is 70.2 Å². The number of halogens is 3. The number of nitrogens with one attached hydrogen (secondary N) is 3. The number of hydrogen-bond acceptors (Lipinski definition) is 6. The van der Waals surface area contributed by atoms with Crippen molar-refractivity contribution in [2.45, 2.75) is 0 Å². The zero-order chi connectivity index (χ0) is 26.1. The fourth-order valence-electron chi connectivity index (χ4n) is 2.76. The normalized spacial score (nSPS) is 10.6. The molecule has 186 valence electrons. The highest BCUT2D eigenvalue weighted by molar-refractivity contribution is 9.10. The van der Waals surface area contributed by atoms with Gasteiger partial charge in [-0.25, -0.2) is 14.2 Å². The summed E-state index contributed by atoms with van der Waals surface area (Å²) in [6.07, 6.45) is 1.27. The summed E-state index contributed by atoms with van der Waals surface area (Å²) in [5, 5.41) is 8.62. The van der Waals surface area contributed by atoms with Crippen molar-refractivity contribution in [3.8, 4) is 11.5 Å². The number of amides is 3. The van der Waals surface area contributed by atoms with E-state index in [0.717, 1.165) is 12.1 Å². The number of ether oxygens (including phenoxy) is 2. The molecule has 0 radical (unpaired) electrons. The quantitative estimate of drug-likeness (QED) is 0.220. The number of anilines is 2. The number of methoxy groups -OCH3 is 1. The van der Waals surface area contributed by atoms with Crippen molar-refractivity contribution in [1.82, 2.24) is 5.43 Å². The predicted molar refractivity (Wildman–Crippen MR) is 132 cm³/mol. The van der Waals surface area contributed by atoms with Gasteiger partial charge < -0.3 is 20.1 Å². The van der Waals surface area contributed by atoms with E-state index in [1.54, 1.807) is 6.07 Å². The molecule has 12 heteroatoms. The maximum Gasteiger partial charge on any atom is 0.329 e. The zero-order valence-corrected chi connectivity index (χ0v) is 20.3. The summed E-state index contributed by atoms with van der Waals surface area (Å²) in [6, 6.07) is 13.3. The minimum Gasteiger partial charge on any atom is -0.493 e. The summed E-state index contributed by atoms with van der Waals surface area (Å²) < 4.78 is 37.2. The molecule has 0 heterocycles. The van der Waals surface area contributed by atoms with Gasteiger partial charge in [-0.2, -0.15) is 5.10 Å². The first kappa shape index (κ1) is 26.3. The van der Waals surface area contributed by atoms with Crippen LogP contribution in [0.4, 0.5) is 20.2 Å². The molecule has 0 bridgehead atoms. The summed E-state index contributed by atoms with van der Waals surface area (Å²) in [5.41, 5.74) is 3.21. The summed E-state index contributed by atoms with van der Waals surface area (Å²) in [4.78, 5) is 36.0. The van der Waals surface area contributed by atoms with Crippen molar-refractivity contribution in [2.24, 2.45) is 5.10 Å². The van der Waals surface area contributed by atoms with Crippen molar-refractivity contribution in [3.63, 3.8) is 0 Å². The molecule has 0 saturated carbocycles. The summed E-state index contributed by atoms with van der Waals surface area (Å²) in [5.74, 6) is -2.88. The molecule has 9 nitrogen and oxygen atoms in total. The van der Waals surface area contributed by atoms with Crippen LogP contribution < -0.4 is 25.5 Å². The number of nitrogens with zero attached hydrogens (tertiary/aromatic N) is 1. The Morgan fingerprint density at radius 3 is 2.08 bits per heavy atom. The van der Waals surface area contributed by atoms with Crippen LogP contribution >= 0.6 is 15.9 Å². The van der Waals surface area contributed by atoms with Crippen LogP contribution in [0.25, 0.3) is 0 Å². The maximum absolute atomic E-state index is 13.0. The van der Waals surface area contributed by atoms with Gasteiger partial charge >= 0.3 is 11.8 Å². The van der Waals surface area contributed by atoms with Gasteiger partial charge in [0.25, 0.3) is 5.91 Å². The Kier molecular flexibility index (Phi) is 9.06. The Labute approximate surface area is 212 Å². The number of hydrogen-bond donors (Lipinski definition) is 3. The van der Waals surface area contributed by atoms with Gasteiger partial charge in [-0.15, -0.1) is 0 Å². The van der Waals surface area contributed by atoms with Crippen molar-refractivity contribution < 1.29 is 32.6 Å². The van der Waals surface area contributed by atoms with Gasteiger partial charge in [-0.05, 0) is 82.2 Å². The first-order valence-electron chi connectivity index (χ1n) is 10.2. The monoisotopic (exact) mass is 560 g/mol. The molecule has 0 atom stereocenters. The minimum absolute atomic E-state index is 0.242. The lowest BCUT2D eigenvalue weighted by atomic mass is 10.2. The van der Waals surface area contributed by atoms with E-state index in [2.05, 4.69) is 37.1 Å². The molecule has 0 saturated heterocycles. The minimum atomic E-state index is -1.03. The molecule has 3 rings (SSSR count). The zero-order valence-electron chi connectivity index (χ0n) is 18.7. The van der Waals surface area contributed by atoms with Crippen molar-refractivity contribution in [3.05, 3.63) is 82.3 Å². The van der Waals surface area contributed by atoms with Crippen LogP contribution in [0.1, 0.15) is 5.56 Å². The van der Waals surface area contributed by atoms with E-state index in [1.807, 2.05) is 0 Å². The van der Waals surface area contributed by atoms with E-state index in [1.165, 1.54) is 55.8 Å². The highest BCUT2D eigenvalue weighted by atomic mass is 79.9. The third-order valence-corrected chi connectivity index (χ3v) is 5.00. The average molecular weight is 561 g/mol. The van der Waals surface area contributed by atoms with E-state index in [-0.39, 0.29) is 23.8 Å². The predicted octanol–water partition coefficient (Wildman–Crippen LogP) is 3.84.